The number of amides is 2. The van der Waals surface area contributed by atoms with Crippen molar-refractivity contribution in [3.05, 3.63) is 65.6 Å². The number of benzene rings is 1. The van der Waals surface area contributed by atoms with E-state index in [2.05, 4.69) is 11.1 Å². The zero-order valence-corrected chi connectivity index (χ0v) is 21.8. The van der Waals surface area contributed by atoms with Crippen LogP contribution in [0.2, 0.25) is 0 Å². The van der Waals surface area contributed by atoms with Crippen LogP contribution >= 0.6 is 0 Å². The van der Waals surface area contributed by atoms with Crippen molar-refractivity contribution >= 4 is 17.5 Å². The third kappa shape index (κ3) is 5.21. The van der Waals surface area contributed by atoms with E-state index >= 15 is 0 Å². The van der Waals surface area contributed by atoms with Crippen molar-refractivity contribution in [1.82, 2.24) is 19.2 Å². The number of rotatable bonds is 3. The highest BCUT2D eigenvalue weighted by molar-refractivity contribution is 5.87. The maximum Gasteiger partial charge on any atom is 0.256 e. The van der Waals surface area contributed by atoms with Crippen molar-refractivity contribution < 1.29 is 19.1 Å². The molecule has 196 valence electrons. The third-order valence-corrected chi connectivity index (χ3v) is 7.61. The predicted molar refractivity (Wildman–Crippen MR) is 141 cm³/mol. The van der Waals surface area contributed by atoms with Crippen LogP contribution in [0, 0.1) is 6.92 Å². The molecule has 2 aromatic heterocycles. The highest BCUT2D eigenvalue weighted by Gasteiger charge is 2.46. The molecule has 0 aliphatic carbocycles. The van der Waals surface area contributed by atoms with Gasteiger partial charge < -0.3 is 23.7 Å². The number of morpholine rings is 1. The van der Waals surface area contributed by atoms with Crippen molar-refractivity contribution in [3.8, 4) is 5.75 Å². The average Bonchev–Trinajstić information content (AvgIpc) is 3.23. The van der Waals surface area contributed by atoms with Crippen LogP contribution in [0.15, 0.2) is 48.7 Å². The standard InChI is InChI=1S/C29H36N4O4/c1-3-31-16-18-36-25-12-5-4-10-23(25)11-6-8-14-29(28(31)35)21-32(17-19-37-29)27(34)20-24-22(2)30-26-13-7-9-15-33(24)26/h4-5,7,9-10,12-13,15H,3,6,8,11,14,16-21H2,1-2H3. The van der Waals surface area contributed by atoms with Crippen molar-refractivity contribution in [1.29, 1.82) is 0 Å². The van der Waals surface area contributed by atoms with Gasteiger partial charge in [0.2, 0.25) is 5.91 Å². The number of hydrogen-bond acceptors (Lipinski definition) is 5. The minimum absolute atomic E-state index is 0.00402. The Bertz CT molecular complexity index is 1270. The van der Waals surface area contributed by atoms with Gasteiger partial charge in [0.15, 0.2) is 5.60 Å². The van der Waals surface area contributed by atoms with E-state index in [0.29, 0.717) is 39.3 Å². The van der Waals surface area contributed by atoms with Crippen LogP contribution in [0.5, 0.6) is 5.75 Å². The Morgan fingerprint density at radius 3 is 2.78 bits per heavy atom. The van der Waals surface area contributed by atoms with Crippen LogP contribution in [0.4, 0.5) is 0 Å². The van der Waals surface area contributed by atoms with Gasteiger partial charge in [-0.1, -0.05) is 24.3 Å². The van der Waals surface area contributed by atoms with Crippen molar-refractivity contribution in [3.63, 3.8) is 0 Å². The Kier molecular flexibility index (Phi) is 7.46. The van der Waals surface area contributed by atoms with Gasteiger partial charge in [-0.25, -0.2) is 4.98 Å². The molecular formula is C29H36N4O4. The molecule has 1 saturated heterocycles. The van der Waals surface area contributed by atoms with E-state index in [-0.39, 0.29) is 24.8 Å². The highest BCUT2D eigenvalue weighted by Crippen LogP contribution is 2.30. The van der Waals surface area contributed by atoms with E-state index in [1.165, 1.54) is 5.56 Å². The lowest BCUT2D eigenvalue weighted by Gasteiger charge is -2.44. The van der Waals surface area contributed by atoms with Gasteiger partial charge in [-0.3, -0.25) is 9.59 Å². The Morgan fingerprint density at radius 1 is 1.08 bits per heavy atom. The van der Waals surface area contributed by atoms with Crippen LogP contribution in [0.25, 0.3) is 5.65 Å². The smallest absolute Gasteiger partial charge is 0.256 e. The molecular weight excluding hydrogens is 468 g/mol. The fourth-order valence-corrected chi connectivity index (χ4v) is 5.55. The second kappa shape index (κ2) is 10.9. The number of hydrogen-bond donors (Lipinski definition) is 0. The molecule has 8 nitrogen and oxygen atoms in total. The molecule has 2 amide bonds. The molecule has 1 fully saturated rings. The lowest BCUT2D eigenvalue weighted by molar-refractivity contribution is -0.176. The quantitative estimate of drug-likeness (QED) is 0.546. The summed E-state index contributed by atoms with van der Waals surface area (Å²) in [4.78, 5) is 35.7. The Balaban J connectivity index is 1.36. The van der Waals surface area contributed by atoms with E-state index in [1.54, 1.807) is 0 Å². The molecule has 0 radical (unpaired) electrons. The fraction of sp³-hybridized carbons (Fsp3) is 0.483. The second-order valence-corrected chi connectivity index (χ2v) is 9.96. The fourth-order valence-electron chi connectivity index (χ4n) is 5.55. The molecule has 3 aromatic rings. The zero-order valence-electron chi connectivity index (χ0n) is 21.8. The van der Waals surface area contributed by atoms with Crippen LogP contribution in [-0.4, -0.2) is 76.0 Å². The molecule has 37 heavy (non-hydrogen) atoms. The predicted octanol–water partition coefficient (Wildman–Crippen LogP) is 3.44. The van der Waals surface area contributed by atoms with E-state index in [0.717, 1.165) is 42.0 Å². The molecule has 1 unspecified atom stereocenters. The molecule has 2 aliphatic rings. The van der Waals surface area contributed by atoms with Gasteiger partial charge >= 0.3 is 0 Å². The first-order valence-electron chi connectivity index (χ1n) is 13.3. The van der Waals surface area contributed by atoms with Gasteiger partial charge in [0.1, 0.15) is 18.0 Å². The number of ether oxygens (including phenoxy) is 2. The Morgan fingerprint density at radius 2 is 1.92 bits per heavy atom. The third-order valence-electron chi connectivity index (χ3n) is 7.61. The summed E-state index contributed by atoms with van der Waals surface area (Å²) in [5.74, 6) is 0.848. The summed E-state index contributed by atoms with van der Waals surface area (Å²) < 4.78 is 14.3. The number of nitrogens with zero attached hydrogens (tertiary/aromatic N) is 4. The van der Waals surface area contributed by atoms with Crippen molar-refractivity contribution in [2.75, 3.05) is 39.4 Å². The van der Waals surface area contributed by atoms with Gasteiger partial charge in [-0.2, -0.15) is 0 Å². The first-order valence-corrected chi connectivity index (χ1v) is 13.3. The number of carbonyl (C=O) groups is 2. The van der Waals surface area contributed by atoms with Crippen LogP contribution in [0.1, 0.15) is 43.1 Å². The van der Waals surface area contributed by atoms with Gasteiger partial charge in [0, 0.05) is 19.3 Å². The first kappa shape index (κ1) is 25.3. The number of fused-ring (bicyclic) bond motifs is 2. The molecule has 4 heterocycles. The number of aromatic nitrogens is 2. The first-order chi connectivity index (χ1) is 18.0. The molecule has 1 atom stereocenters. The van der Waals surface area contributed by atoms with Crippen molar-refractivity contribution in [2.24, 2.45) is 0 Å². The molecule has 1 spiro atoms. The number of pyridine rings is 1. The SMILES string of the molecule is CCN1CCOc2ccccc2CCCCC2(CN(C(=O)Cc3c(C)nc4ccccn34)CCO2)C1=O. The summed E-state index contributed by atoms with van der Waals surface area (Å²) in [5, 5.41) is 0. The number of carbonyl (C=O) groups excluding carboxylic acids is 2. The molecule has 0 saturated carbocycles. The molecule has 0 N–H and O–H groups in total. The van der Waals surface area contributed by atoms with Gasteiger partial charge in [0.25, 0.3) is 5.91 Å². The van der Waals surface area contributed by atoms with Gasteiger partial charge in [-0.15, -0.1) is 0 Å². The van der Waals surface area contributed by atoms with Crippen LogP contribution in [0.3, 0.4) is 0 Å². The monoisotopic (exact) mass is 504 g/mol. The topological polar surface area (TPSA) is 76.4 Å². The number of aryl methyl sites for hydroxylation is 2. The maximum absolute atomic E-state index is 13.9. The Hall–Kier alpha value is -3.39. The zero-order chi connectivity index (χ0) is 25.8. The summed E-state index contributed by atoms with van der Waals surface area (Å²) in [5.41, 5.74) is 2.73. The van der Waals surface area contributed by atoms with Gasteiger partial charge in [-0.05, 0) is 63.3 Å². The van der Waals surface area contributed by atoms with Crippen LogP contribution < -0.4 is 4.74 Å². The lowest BCUT2D eigenvalue weighted by atomic mass is 9.90. The summed E-state index contributed by atoms with van der Waals surface area (Å²) in [6.07, 6.45) is 5.39. The largest absolute Gasteiger partial charge is 0.491 e. The maximum atomic E-state index is 13.9. The molecule has 8 heteroatoms. The Labute approximate surface area is 218 Å². The molecule has 5 rings (SSSR count). The van der Waals surface area contributed by atoms with Gasteiger partial charge in [0.05, 0.1) is 37.5 Å². The minimum atomic E-state index is -1.03. The second-order valence-electron chi connectivity index (χ2n) is 9.96. The summed E-state index contributed by atoms with van der Waals surface area (Å²) in [7, 11) is 0. The average molecular weight is 505 g/mol. The molecule has 1 aromatic carbocycles. The van der Waals surface area contributed by atoms with E-state index < -0.39 is 5.60 Å². The van der Waals surface area contributed by atoms with Crippen molar-refractivity contribution in [2.45, 2.75) is 51.6 Å². The van der Waals surface area contributed by atoms with E-state index in [4.69, 9.17) is 9.47 Å². The normalized spacial score (nSPS) is 21.3. The summed E-state index contributed by atoms with van der Waals surface area (Å²) >= 11 is 0. The lowest BCUT2D eigenvalue weighted by Crippen LogP contribution is -2.62. The number of imidazole rings is 1. The number of para-hydroxylation sites is 1. The summed E-state index contributed by atoms with van der Waals surface area (Å²) in [6.45, 7) is 6.47. The molecule has 2 aliphatic heterocycles. The minimum Gasteiger partial charge on any atom is -0.491 e. The number of likely N-dealkylation sites (N-methyl/N-ethyl adjacent to an activating group) is 1. The van der Waals surface area contributed by atoms with E-state index in [9.17, 15) is 9.59 Å². The molecule has 0 bridgehead atoms. The summed E-state index contributed by atoms with van der Waals surface area (Å²) in [6, 6.07) is 14.0. The van der Waals surface area contributed by atoms with E-state index in [1.807, 2.05) is 70.6 Å². The van der Waals surface area contributed by atoms with Crippen LogP contribution in [-0.2, 0) is 27.2 Å². The highest BCUT2D eigenvalue weighted by atomic mass is 16.5.